The molecule has 0 saturated carbocycles. The fraction of sp³-hybridized carbons (Fsp3) is 0.400. The first-order valence-corrected chi connectivity index (χ1v) is 4.67. The maximum atomic E-state index is 11.0. The van der Waals surface area contributed by atoms with Crippen LogP contribution in [0.3, 0.4) is 0 Å². The van der Waals surface area contributed by atoms with Gasteiger partial charge in [-0.05, 0) is 11.6 Å². The average molecular weight is 208 g/mol. The number of rotatable bonds is 3. The van der Waals surface area contributed by atoms with Gasteiger partial charge in [-0.3, -0.25) is 4.98 Å². The van der Waals surface area contributed by atoms with Gasteiger partial charge in [-0.25, -0.2) is 4.79 Å². The van der Waals surface area contributed by atoms with Crippen LogP contribution in [-0.4, -0.2) is 23.2 Å². The van der Waals surface area contributed by atoms with Crippen LogP contribution in [0.2, 0.25) is 0 Å². The summed E-state index contributed by atoms with van der Waals surface area (Å²) < 4.78 is 4.93. The Bertz CT molecular complexity index is 404. The Morgan fingerprint density at radius 2 is 2.47 bits per heavy atom. The standard InChI is InChI=1S/C10H12N2O3/c1-15-5-9-7(10(13)14)2-6-3-11-4-8(6)12-9/h2,11H,3-5H2,1H3,(H,13,14). The number of carbonyl (C=O) groups is 1. The molecule has 0 atom stereocenters. The molecule has 2 heterocycles. The van der Waals surface area contributed by atoms with Crippen molar-refractivity contribution in [3.05, 3.63) is 28.6 Å². The molecular weight excluding hydrogens is 196 g/mol. The highest BCUT2D eigenvalue weighted by molar-refractivity contribution is 5.89. The summed E-state index contributed by atoms with van der Waals surface area (Å²) in [4.78, 5) is 15.3. The first-order valence-electron chi connectivity index (χ1n) is 4.67. The second-order valence-electron chi connectivity index (χ2n) is 3.43. The molecule has 0 aromatic carbocycles. The molecule has 1 aliphatic rings. The predicted octanol–water partition coefficient (Wildman–Crippen LogP) is 0.529. The third-order valence-electron chi connectivity index (χ3n) is 2.39. The molecule has 0 bridgehead atoms. The summed E-state index contributed by atoms with van der Waals surface area (Å²) in [6.07, 6.45) is 0. The Morgan fingerprint density at radius 3 is 3.13 bits per heavy atom. The van der Waals surface area contributed by atoms with E-state index in [1.165, 1.54) is 7.11 Å². The lowest BCUT2D eigenvalue weighted by molar-refractivity contribution is 0.0690. The lowest BCUT2D eigenvalue weighted by Crippen LogP contribution is -2.08. The van der Waals surface area contributed by atoms with Crippen LogP contribution in [0, 0.1) is 0 Å². The molecule has 0 spiro atoms. The maximum absolute atomic E-state index is 11.0. The predicted molar refractivity (Wildman–Crippen MR) is 52.5 cm³/mol. The first-order chi connectivity index (χ1) is 7.22. The zero-order valence-electron chi connectivity index (χ0n) is 8.41. The SMILES string of the molecule is COCc1nc2c(cc1C(=O)O)CNC2. The van der Waals surface area contributed by atoms with Crippen LogP contribution in [0.5, 0.6) is 0 Å². The van der Waals surface area contributed by atoms with E-state index in [1.807, 2.05) is 0 Å². The minimum absolute atomic E-state index is 0.231. The maximum Gasteiger partial charge on any atom is 0.337 e. The number of nitrogens with zero attached hydrogens (tertiary/aromatic N) is 1. The van der Waals surface area contributed by atoms with Gasteiger partial charge in [0.1, 0.15) is 0 Å². The Morgan fingerprint density at radius 1 is 1.67 bits per heavy atom. The molecule has 0 amide bonds. The summed E-state index contributed by atoms with van der Waals surface area (Å²) in [7, 11) is 1.53. The van der Waals surface area contributed by atoms with Crippen molar-refractivity contribution in [1.82, 2.24) is 10.3 Å². The molecule has 2 rings (SSSR count). The van der Waals surface area contributed by atoms with Gasteiger partial charge in [0, 0.05) is 20.2 Å². The number of ether oxygens (including phenoxy) is 1. The summed E-state index contributed by atoms with van der Waals surface area (Å²) in [5, 5.41) is 12.1. The van der Waals surface area contributed by atoms with Crippen molar-refractivity contribution >= 4 is 5.97 Å². The second kappa shape index (κ2) is 3.96. The highest BCUT2D eigenvalue weighted by Crippen LogP contribution is 2.18. The highest BCUT2D eigenvalue weighted by Gasteiger charge is 2.19. The number of nitrogens with one attached hydrogen (secondary N) is 1. The van der Waals surface area contributed by atoms with Gasteiger partial charge in [0.05, 0.1) is 23.6 Å². The minimum atomic E-state index is -0.954. The lowest BCUT2D eigenvalue weighted by Gasteiger charge is -2.06. The second-order valence-corrected chi connectivity index (χ2v) is 3.43. The van der Waals surface area contributed by atoms with E-state index in [1.54, 1.807) is 6.07 Å². The molecule has 0 fully saturated rings. The molecule has 5 nitrogen and oxygen atoms in total. The van der Waals surface area contributed by atoms with Crippen LogP contribution in [0.15, 0.2) is 6.07 Å². The molecule has 2 N–H and O–H groups in total. The molecule has 0 radical (unpaired) electrons. The van der Waals surface area contributed by atoms with Crippen LogP contribution in [0.1, 0.15) is 27.3 Å². The normalized spacial score (nSPS) is 13.9. The highest BCUT2D eigenvalue weighted by atomic mass is 16.5. The van der Waals surface area contributed by atoms with E-state index in [-0.39, 0.29) is 12.2 Å². The number of carboxylic acid groups (broad SMARTS) is 1. The van der Waals surface area contributed by atoms with E-state index < -0.39 is 5.97 Å². The molecule has 1 aromatic rings. The van der Waals surface area contributed by atoms with Crippen LogP contribution in [0.25, 0.3) is 0 Å². The topological polar surface area (TPSA) is 71.5 Å². The van der Waals surface area contributed by atoms with Gasteiger partial charge in [-0.1, -0.05) is 0 Å². The molecule has 1 aliphatic heterocycles. The van der Waals surface area contributed by atoms with Gasteiger partial charge in [-0.2, -0.15) is 0 Å². The summed E-state index contributed by atoms with van der Waals surface area (Å²) in [6.45, 7) is 1.62. The summed E-state index contributed by atoms with van der Waals surface area (Å²) in [6, 6.07) is 1.68. The third-order valence-corrected chi connectivity index (χ3v) is 2.39. The van der Waals surface area contributed by atoms with Crippen LogP contribution < -0.4 is 5.32 Å². The van der Waals surface area contributed by atoms with Crippen LogP contribution in [-0.2, 0) is 24.4 Å². The Kier molecular flexibility index (Phi) is 2.66. The smallest absolute Gasteiger partial charge is 0.337 e. The summed E-state index contributed by atoms with van der Waals surface area (Å²) in [5.41, 5.74) is 2.62. The molecule has 80 valence electrons. The number of aromatic carboxylic acids is 1. The van der Waals surface area contributed by atoms with E-state index in [2.05, 4.69) is 10.3 Å². The molecular formula is C10H12N2O3. The van der Waals surface area contributed by atoms with Crippen molar-refractivity contribution in [2.75, 3.05) is 7.11 Å². The van der Waals surface area contributed by atoms with Crippen molar-refractivity contribution in [2.24, 2.45) is 0 Å². The number of hydrogen-bond acceptors (Lipinski definition) is 4. The quantitative estimate of drug-likeness (QED) is 0.758. The number of methoxy groups -OCH3 is 1. The number of pyridine rings is 1. The summed E-state index contributed by atoms with van der Waals surface area (Å²) in [5.74, 6) is -0.954. The van der Waals surface area contributed by atoms with Gasteiger partial charge in [0.15, 0.2) is 0 Å². The van der Waals surface area contributed by atoms with E-state index >= 15 is 0 Å². The molecule has 15 heavy (non-hydrogen) atoms. The van der Waals surface area contributed by atoms with Gasteiger partial charge in [-0.15, -0.1) is 0 Å². The minimum Gasteiger partial charge on any atom is -0.478 e. The van der Waals surface area contributed by atoms with E-state index in [4.69, 9.17) is 9.84 Å². The van der Waals surface area contributed by atoms with Crippen LogP contribution >= 0.6 is 0 Å². The van der Waals surface area contributed by atoms with Crippen molar-refractivity contribution in [1.29, 1.82) is 0 Å². The van der Waals surface area contributed by atoms with Crippen molar-refractivity contribution in [3.8, 4) is 0 Å². The molecule has 0 unspecified atom stereocenters. The molecule has 0 saturated heterocycles. The van der Waals surface area contributed by atoms with Gasteiger partial charge >= 0.3 is 5.97 Å². The largest absolute Gasteiger partial charge is 0.478 e. The first kappa shape index (κ1) is 10.1. The van der Waals surface area contributed by atoms with E-state index in [9.17, 15) is 4.79 Å². The summed E-state index contributed by atoms with van der Waals surface area (Å²) >= 11 is 0. The third kappa shape index (κ3) is 1.84. The average Bonchev–Trinajstić information content (AvgIpc) is 2.63. The monoisotopic (exact) mass is 208 g/mol. The Labute approximate surface area is 87.1 Å². The van der Waals surface area contributed by atoms with Gasteiger partial charge in [0.2, 0.25) is 0 Å². The lowest BCUT2D eigenvalue weighted by atomic mass is 10.1. The fourth-order valence-electron chi connectivity index (χ4n) is 1.69. The number of hydrogen-bond donors (Lipinski definition) is 2. The molecule has 0 aliphatic carbocycles. The zero-order chi connectivity index (χ0) is 10.8. The van der Waals surface area contributed by atoms with Crippen molar-refractivity contribution in [2.45, 2.75) is 19.7 Å². The molecule has 5 heteroatoms. The van der Waals surface area contributed by atoms with Gasteiger partial charge in [0.25, 0.3) is 0 Å². The molecule has 1 aromatic heterocycles. The number of aromatic nitrogens is 1. The Hall–Kier alpha value is -1.46. The van der Waals surface area contributed by atoms with E-state index in [0.29, 0.717) is 18.8 Å². The zero-order valence-corrected chi connectivity index (χ0v) is 8.41. The number of fused-ring (bicyclic) bond motifs is 1. The number of carboxylic acids is 1. The van der Waals surface area contributed by atoms with Crippen molar-refractivity contribution in [3.63, 3.8) is 0 Å². The fourth-order valence-corrected chi connectivity index (χ4v) is 1.69. The van der Waals surface area contributed by atoms with Crippen molar-refractivity contribution < 1.29 is 14.6 Å². The Balaban J connectivity index is 2.47. The van der Waals surface area contributed by atoms with Crippen LogP contribution in [0.4, 0.5) is 0 Å². The van der Waals surface area contributed by atoms with Gasteiger partial charge < -0.3 is 15.2 Å². The van der Waals surface area contributed by atoms with E-state index in [0.717, 1.165) is 11.3 Å².